The minimum Gasteiger partial charge on any atom is -0.495 e. The van der Waals surface area contributed by atoms with Crippen molar-refractivity contribution in [1.82, 2.24) is 19.9 Å². The second kappa shape index (κ2) is 11.3. The van der Waals surface area contributed by atoms with Crippen LogP contribution in [-0.4, -0.2) is 59.2 Å². The van der Waals surface area contributed by atoms with Crippen molar-refractivity contribution in [2.45, 2.75) is 18.9 Å². The van der Waals surface area contributed by atoms with Gasteiger partial charge >= 0.3 is 0 Å². The fourth-order valence-electron chi connectivity index (χ4n) is 4.58. The smallest absolute Gasteiger partial charge is 0.245 e. The molecule has 0 aliphatic carbocycles. The molecule has 0 spiro atoms. The number of fused-ring (bicyclic) bond motifs is 1. The highest BCUT2D eigenvalue weighted by Gasteiger charge is 2.24. The Labute approximate surface area is 225 Å². The van der Waals surface area contributed by atoms with Gasteiger partial charge in [-0.1, -0.05) is 12.6 Å². The summed E-state index contributed by atoms with van der Waals surface area (Å²) in [7, 11) is 3.17. The Morgan fingerprint density at radius 3 is 2.46 bits per heavy atom. The number of nitrogens with one attached hydrogen (secondary N) is 1. The Morgan fingerprint density at radius 2 is 1.77 bits per heavy atom. The molecule has 1 N–H and O–H groups in total. The van der Waals surface area contributed by atoms with Crippen molar-refractivity contribution in [2.24, 2.45) is 0 Å². The first-order valence-electron chi connectivity index (χ1n) is 12.5. The summed E-state index contributed by atoms with van der Waals surface area (Å²) >= 11 is 0. The number of benzene rings is 2. The van der Waals surface area contributed by atoms with E-state index in [1.165, 1.54) is 24.7 Å². The second-order valence-electron chi connectivity index (χ2n) is 9.00. The lowest BCUT2D eigenvalue weighted by molar-refractivity contribution is -0.127. The number of rotatable bonds is 8. The van der Waals surface area contributed by atoms with Gasteiger partial charge < -0.3 is 24.4 Å². The first kappa shape index (κ1) is 25.9. The van der Waals surface area contributed by atoms with Gasteiger partial charge in [-0.25, -0.2) is 15.0 Å². The van der Waals surface area contributed by atoms with Crippen LogP contribution in [0.3, 0.4) is 0 Å². The van der Waals surface area contributed by atoms with E-state index in [1.807, 2.05) is 30.3 Å². The summed E-state index contributed by atoms with van der Waals surface area (Å²) in [6, 6.07) is 12.3. The summed E-state index contributed by atoms with van der Waals surface area (Å²) in [6.45, 7) is 4.76. The van der Waals surface area contributed by atoms with E-state index in [0.29, 0.717) is 60.2 Å². The predicted octanol–water partition coefficient (Wildman–Crippen LogP) is 5.15. The monoisotopic (exact) mass is 529 g/mol. The van der Waals surface area contributed by atoms with E-state index in [1.54, 1.807) is 25.2 Å². The molecule has 4 aromatic rings. The van der Waals surface area contributed by atoms with Crippen LogP contribution in [-0.2, 0) is 4.79 Å². The van der Waals surface area contributed by atoms with Crippen molar-refractivity contribution in [2.75, 3.05) is 32.6 Å². The zero-order valence-electron chi connectivity index (χ0n) is 21.7. The summed E-state index contributed by atoms with van der Waals surface area (Å²) in [6.07, 6.45) is 5.60. The van der Waals surface area contributed by atoms with Crippen LogP contribution in [0.1, 0.15) is 12.8 Å². The SMILES string of the molecule is C=CC(=O)N1CCC(Oc2cc3c(Nc4cc(-c5ccc(F)nc5)ccc4OC)ncnc3cc2OC)CC1. The Bertz CT molecular complexity index is 1500. The Balaban J connectivity index is 1.45. The molecule has 1 saturated heterocycles. The lowest BCUT2D eigenvalue weighted by Crippen LogP contribution is -2.41. The van der Waals surface area contributed by atoms with Gasteiger partial charge in [0, 0.05) is 49.1 Å². The van der Waals surface area contributed by atoms with Crippen LogP contribution in [0.15, 0.2) is 67.6 Å². The van der Waals surface area contributed by atoms with Gasteiger partial charge in [0.2, 0.25) is 11.9 Å². The number of ether oxygens (including phenoxy) is 3. The standard InChI is InChI=1S/C29H28FN5O4/c1-4-28(36)35-11-9-20(10-12-35)39-26-14-21-22(15-25(26)38-3)32-17-33-29(21)34-23-13-18(5-7-24(23)37-2)19-6-8-27(30)31-16-19/h4-8,13-17,20H,1,9-12H2,2-3H3,(H,32,33,34). The van der Waals surface area contributed by atoms with Crippen molar-refractivity contribution >= 4 is 28.3 Å². The van der Waals surface area contributed by atoms with Gasteiger partial charge in [0.05, 0.1) is 25.4 Å². The maximum Gasteiger partial charge on any atom is 0.245 e. The summed E-state index contributed by atoms with van der Waals surface area (Å²) in [5.74, 6) is 1.66. The van der Waals surface area contributed by atoms with Crippen molar-refractivity contribution in [3.05, 3.63) is 73.6 Å². The number of hydrogen-bond donors (Lipinski definition) is 1. The van der Waals surface area contributed by atoms with Crippen LogP contribution >= 0.6 is 0 Å². The predicted molar refractivity (Wildman–Crippen MR) is 146 cm³/mol. The molecule has 2 aromatic carbocycles. The average Bonchev–Trinajstić information content (AvgIpc) is 2.97. The molecule has 39 heavy (non-hydrogen) atoms. The molecule has 3 heterocycles. The van der Waals surface area contributed by atoms with Gasteiger partial charge in [-0.05, 0) is 42.0 Å². The number of nitrogens with zero attached hydrogens (tertiary/aromatic N) is 4. The molecule has 0 atom stereocenters. The molecule has 0 unspecified atom stereocenters. The van der Waals surface area contributed by atoms with E-state index >= 15 is 0 Å². The van der Waals surface area contributed by atoms with Crippen LogP contribution < -0.4 is 19.5 Å². The molecule has 0 saturated carbocycles. The molecule has 1 aliphatic rings. The minimum absolute atomic E-state index is 0.0696. The van der Waals surface area contributed by atoms with Gasteiger partial charge in [0.1, 0.15) is 24.0 Å². The molecule has 10 heteroatoms. The number of likely N-dealkylation sites (tertiary alicyclic amines) is 1. The topological polar surface area (TPSA) is 98.7 Å². The maximum absolute atomic E-state index is 13.3. The number of methoxy groups -OCH3 is 2. The van der Waals surface area contributed by atoms with Crippen LogP contribution in [0.5, 0.6) is 17.2 Å². The van der Waals surface area contributed by atoms with Crippen molar-refractivity contribution in [3.8, 4) is 28.4 Å². The Kier molecular flexibility index (Phi) is 7.53. The highest BCUT2D eigenvalue weighted by Crippen LogP contribution is 2.38. The molecule has 0 bridgehead atoms. The number of halogens is 1. The third kappa shape index (κ3) is 5.59. The van der Waals surface area contributed by atoms with Crippen LogP contribution in [0.2, 0.25) is 0 Å². The van der Waals surface area contributed by atoms with E-state index in [9.17, 15) is 9.18 Å². The minimum atomic E-state index is -0.540. The highest BCUT2D eigenvalue weighted by atomic mass is 19.1. The molecular weight excluding hydrogens is 501 g/mol. The molecule has 2 aromatic heterocycles. The Morgan fingerprint density at radius 1 is 1.00 bits per heavy atom. The van der Waals surface area contributed by atoms with Gasteiger partial charge in [-0.3, -0.25) is 4.79 Å². The molecule has 5 rings (SSSR count). The summed E-state index contributed by atoms with van der Waals surface area (Å²) in [5, 5.41) is 4.09. The molecule has 1 amide bonds. The summed E-state index contributed by atoms with van der Waals surface area (Å²) in [5.41, 5.74) is 2.92. The number of carbonyl (C=O) groups excluding carboxylic acids is 1. The van der Waals surface area contributed by atoms with E-state index in [-0.39, 0.29) is 12.0 Å². The second-order valence-corrected chi connectivity index (χ2v) is 9.00. The zero-order valence-corrected chi connectivity index (χ0v) is 21.7. The van der Waals surface area contributed by atoms with Gasteiger partial charge in [-0.15, -0.1) is 0 Å². The number of piperidine rings is 1. The summed E-state index contributed by atoms with van der Waals surface area (Å²) < 4.78 is 30.9. The first-order chi connectivity index (χ1) is 19.0. The van der Waals surface area contributed by atoms with E-state index < -0.39 is 5.95 Å². The summed E-state index contributed by atoms with van der Waals surface area (Å²) in [4.78, 5) is 26.4. The largest absolute Gasteiger partial charge is 0.495 e. The molecule has 9 nitrogen and oxygen atoms in total. The van der Waals surface area contributed by atoms with Crippen molar-refractivity contribution in [3.63, 3.8) is 0 Å². The van der Waals surface area contributed by atoms with Crippen molar-refractivity contribution in [1.29, 1.82) is 0 Å². The van der Waals surface area contributed by atoms with E-state index in [0.717, 1.165) is 16.5 Å². The maximum atomic E-state index is 13.3. The molecule has 1 fully saturated rings. The fraction of sp³-hybridized carbons (Fsp3) is 0.241. The molecule has 0 radical (unpaired) electrons. The number of hydrogen-bond acceptors (Lipinski definition) is 8. The Hall–Kier alpha value is -4.73. The normalized spacial score (nSPS) is 13.7. The van der Waals surface area contributed by atoms with E-state index in [4.69, 9.17) is 14.2 Å². The van der Waals surface area contributed by atoms with Crippen LogP contribution in [0, 0.1) is 5.95 Å². The van der Waals surface area contributed by atoms with E-state index in [2.05, 4.69) is 26.8 Å². The third-order valence-electron chi connectivity index (χ3n) is 6.66. The molecule has 200 valence electrons. The van der Waals surface area contributed by atoms with Gasteiger partial charge in [0.25, 0.3) is 0 Å². The number of anilines is 2. The average molecular weight is 530 g/mol. The van der Waals surface area contributed by atoms with Crippen LogP contribution in [0.25, 0.3) is 22.0 Å². The fourth-order valence-corrected chi connectivity index (χ4v) is 4.58. The quantitative estimate of drug-likeness (QED) is 0.247. The lowest BCUT2D eigenvalue weighted by atomic mass is 10.1. The molecule has 1 aliphatic heterocycles. The van der Waals surface area contributed by atoms with Gasteiger partial charge in [-0.2, -0.15) is 4.39 Å². The third-order valence-corrected chi connectivity index (χ3v) is 6.66. The molecular formula is C29H28FN5O4. The zero-order chi connectivity index (χ0) is 27.4. The number of aromatic nitrogens is 3. The number of amides is 1. The first-order valence-corrected chi connectivity index (χ1v) is 12.5. The van der Waals surface area contributed by atoms with Crippen molar-refractivity contribution < 1.29 is 23.4 Å². The number of pyridine rings is 1. The lowest BCUT2D eigenvalue weighted by Gasteiger charge is -2.31. The number of carbonyl (C=O) groups is 1. The van der Waals surface area contributed by atoms with Gasteiger partial charge in [0.15, 0.2) is 11.5 Å². The highest BCUT2D eigenvalue weighted by molar-refractivity contribution is 5.94. The van der Waals surface area contributed by atoms with Crippen LogP contribution in [0.4, 0.5) is 15.9 Å².